The number of aryl methyl sites for hydroxylation is 1. The van der Waals surface area contributed by atoms with E-state index >= 15 is 0 Å². The first kappa shape index (κ1) is 12.9. The lowest BCUT2D eigenvalue weighted by molar-refractivity contribution is 0.486. The molecular weight excluding hydrogens is 227 g/mol. The molecule has 0 N–H and O–H groups in total. The third-order valence-electron chi connectivity index (χ3n) is 2.70. The average Bonchev–Trinajstić information content (AvgIpc) is 2.17. The minimum atomic E-state index is 0.713. The second-order valence-corrected chi connectivity index (χ2v) is 5.01. The van der Waals surface area contributed by atoms with Crippen LogP contribution in [0.5, 0.6) is 0 Å². The van der Waals surface area contributed by atoms with Crippen LogP contribution in [-0.2, 0) is 6.42 Å². The predicted molar refractivity (Wildman–Crippen MR) is 68.9 cm³/mol. The van der Waals surface area contributed by atoms with Crippen LogP contribution in [0.4, 0.5) is 0 Å². The first-order valence-corrected chi connectivity index (χ1v) is 6.33. The number of hydrogen-bond acceptors (Lipinski definition) is 0. The number of halogens is 2. The van der Waals surface area contributed by atoms with Gasteiger partial charge in [-0.05, 0) is 36.5 Å². The van der Waals surface area contributed by atoms with E-state index in [2.05, 4.69) is 13.8 Å². The zero-order chi connectivity index (χ0) is 11.3. The van der Waals surface area contributed by atoms with Crippen molar-refractivity contribution in [3.05, 3.63) is 33.8 Å². The summed E-state index contributed by atoms with van der Waals surface area (Å²) in [6.07, 6.45) is 4.81. The fraction of sp³-hybridized carbons (Fsp3) is 0.538. The maximum atomic E-state index is 6.11. The Hall–Kier alpha value is -0.200. The summed E-state index contributed by atoms with van der Waals surface area (Å²) in [5, 5.41) is 1.51. The average molecular weight is 245 g/mol. The van der Waals surface area contributed by atoms with Crippen molar-refractivity contribution < 1.29 is 0 Å². The minimum Gasteiger partial charge on any atom is -0.0843 e. The van der Waals surface area contributed by atoms with Gasteiger partial charge in [-0.2, -0.15) is 0 Å². The SMILES string of the molecule is CCC[C@@H](C)CCc1ccc(Cl)cc1Cl. The van der Waals surface area contributed by atoms with E-state index in [-0.39, 0.29) is 0 Å². The van der Waals surface area contributed by atoms with E-state index < -0.39 is 0 Å². The smallest absolute Gasteiger partial charge is 0.0452 e. The Kier molecular flexibility index (Phi) is 5.49. The van der Waals surface area contributed by atoms with E-state index in [1.807, 2.05) is 18.2 Å². The molecule has 0 saturated carbocycles. The molecule has 0 fully saturated rings. The van der Waals surface area contributed by atoms with Gasteiger partial charge in [0.1, 0.15) is 0 Å². The Balaban J connectivity index is 2.50. The summed E-state index contributed by atoms with van der Waals surface area (Å²) in [6, 6.07) is 5.76. The predicted octanol–water partition coefficient (Wildman–Crippen LogP) is 5.36. The Bertz CT molecular complexity index is 307. The van der Waals surface area contributed by atoms with Crippen LogP contribution in [0.3, 0.4) is 0 Å². The van der Waals surface area contributed by atoms with Crippen molar-refractivity contribution >= 4 is 23.2 Å². The second kappa shape index (κ2) is 6.40. The van der Waals surface area contributed by atoms with Gasteiger partial charge in [0.15, 0.2) is 0 Å². The van der Waals surface area contributed by atoms with E-state index in [4.69, 9.17) is 23.2 Å². The van der Waals surface area contributed by atoms with Gasteiger partial charge in [0.05, 0.1) is 0 Å². The first-order valence-electron chi connectivity index (χ1n) is 5.57. The van der Waals surface area contributed by atoms with Crippen LogP contribution in [0.25, 0.3) is 0 Å². The lowest BCUT2D eigenvalue weighted by Gasteiger charge is -2.10. The van der Waals surface area contributed by atoms with Crippen LogP contribution in [-0.4, -0.2) is 0 Å². The van der Waals surface area contributed by atoms with Crippen molar-refractivity contribution in [2.24, 2.45) is 5.92 Å². The molecule has 0 aliphatic carbocycles. The van der Waals surface area contributed by atoms with E-state index in [0.717, 1.165) is 17.4 Å². The highest BCUT2D eigenvalue weighted by Gasteiger charge is 2.05. The van der Waals surface area contributed by atoms with Crippen molar-refractivity contribution in [2.45, 2.75) is 39.5 Å². The van der Waals surface area contributed by atoms with Gasteiger partial charge in [0.25, 0.3) is 0 Å². The molecule has 0 heterocycles. The molecule has 15 heavy (non-hydrogen) atoms. The molecule has 1 rings (SSSR count). The molecule has 0 nitrogen and oxygen atoms in total. The number of hydrogen-bond donors (Lipinski definition) is 0. The Labute approximate surface area is 103 Å². The fourth-order valence-corrected chi connectivity index (χ4v) is 2.27. The number of benzene rings is 1. The Morgan fingerprint density at radius 2 is 1.93 bits per heavy atom. The lowest BCUT2D eigenvalue weighted by atomic mass is 9.97. The highest BCUT2D eigenvalue weighted by atomic mass is 35.5. The summed E-state index contributed by atoms with van der Waals surface area (Å²) in [5.74, 6) is 0.779. The van der Waals surface area contributed by atoms with Crippen molar-refractivity contribution in [1.82, 2.24) is 0 Å². The van der Waals surface area contributed by atoms with E-state index in [1.165, 1.54) is 24.8 Å². The molecule has 0 bridgehead atoms. The molecule has 0 spiro atoms. The summed E-state index contributed by atoms with van der Waals surface area (Å²) in [5.41, 5.74) is 1.21. The molecular formula is C13H18Cl2. The maximum absolute atomic E-state index is 6.11. The summed E-state index contributed by atoms with van der Waals surface area (Å²) < 4.78 is 0. The van der Waals surface area contributed by atoms with Crippen LogP contribution in [0.15, 0.2) is 18.2 Å². The van der Waals surface area contributed by atoms with Crippen molar-refractivity contribution in [1.29, 1.82) is 0 Å². The van der Waals surface area contributed by atoms with Gasteiger partial charge in [0, 0.05) is 10.0 Å². The zero-order valence-electron chi connectivity index (χ0n) is 9.39. The van der Waals surface area contributed by atoms with E-state index in [0.29, 0.717) is 5.02 Å². The van der Waals surface area contributed by atoms with Gasteiger partial charge in [-0.1, -0.05) is 56.0 Å². The van der Waals surface area contributed by atoms with Gasteiger partial charge in [0.2, 0.25) is 0 Å². The number of rotatable bonds is 5. The van der Waals surface area contributed by atoms with Crippen molar-refractivity contribution in [3.63, 3.8) is 0 Å². The Morgan fingerprint density at radius 3 is 2.53 bits per heavy atom. The van der Waals surface area contributed by atoms with Crippen LogP contribution in [0.1, 0.15) is 38.7 Å². The first-order chi connectivity index (χ1) is 7.13. The topological polar surface area (TPSA) is 0 Å². The van der Waals surface area contributed by atoms with Crippen LogP contribution >= 0.6 is 23.2 Å². The van der Waals surface area contributed by atoms with Gasteiger partial charge < -0.3 is 0 Å². The molecule has 0 amide bonds. The quantitative estimate of drug-likeness (QED) is 0.654. The van der Waals surface area contributed by atoms with E-state index in [9.17, 15) is 0 Å². The van der Waals surface area contributed by atoms with Gasteiger partial charge in [-0.15, -0.1) is 0 Å². The highest BCUT2D eigenvalue weighted by Crippen LogP contribution is 2.23. The standard InChI is InChI=1S/C13H18Cl2/c1-3-4-10(2)5-6-11-7-8-12(14)9-13(11)15/h7-10H,3-6H2,1-2H3/t10-/m1/s1. The van der Waals surface area contributed by atoms with Crippen LogP contribution < -0.4 is 0 Å². The molecule has 0 unspecified atom stereocenters. The molecule has 2 heteroatoms. The van der Waals surface area contributed by atoms with Gasteiger partial charge in [-0.25, -0.2) is 0 Å². The van der Waals surface area contributed by atoms with Crippen molar-refractivity contribution in [3.8, 4) is 0 Å². The normalized spacial score (nSPS) is 12.8. The van der Waals surface area contributed by atoms with Crippen molar-refractivity contribution in [2.75, 3.05) is 0 Å². The summed E-state index contributed by atoms with van der Waals surface area (Å²) in [7, 11) is 0. The summed E-state index contributed by atoms with van der Waals surface area (Å²) in [4.78, 5) is 0. The van der Waals surface area contributed by atoms with Gasteiger partial charge in [-0.3, -0.25) is 0 Å². The maximum Gasteiger partial charge on any atom is 0.0452 e. The molecule has 1 atom stereocenters. The summed E-state index contributed by atoms with van der Waals surface area (Å²) >= 11 is 12.0. The molecule has 0 radical (unpaired) electrons. The second-order valence-electron chi connectivity index (χ2n) is 4.17. The lowest BCUT2D eigenvalue weighted by Crippen LogP contribution is -1.97. The molecule has 0 aliphatic heterocycles. The molecule has 1 aromatic carbocycles. The monoisotopic (exact) mass is 244 g/mol. The molecule has 1 aromatic rings. The van der Waals surface area contributed by atoms with Gasteiger partial charge >= 0.3 is 0 Å². The molecule has 0 aliphatic rings. The van der Waals surface area contributed by atoms with Crippen LogP contribution in [0, 0.1) is 5.92 Å². The third kappa shape index (κ3) is 4.44. The molecule has 84 valence electrons. The van der Waals surface area contributed by atoms with E-state index in [1.54, 1.807) is 0 Å². The largest absolute Gasteiger partial charge is 0.0843 e. The minimum absolute atomic E-state index is 0.713. The fourth-order valence-electron chi connectivity index (χ4n) is 1.76. The highest BCUT2D eigenvalue weighted by molar-refractivity contribution is 6.35. The third-order valence-corrected chi connectivity index (χ3v) is 3.29. The molecule has 0 aromatic heterocycles. The summed E-state index contributed by atoms with van der Waals surface area (Å²) in [6.45, 7) is 4.53. The zero-order valence-corrected chi connectivity index (χ0v) is 10.9. The van der Waals surface area contributed by atoms with Crippen LogP contribution in [0.2, 0.25) is 10.0 Å². The molecule has 0 saturated heterocycles. The Morgan fingerprint density at radius 1 is 1.20 bits per heavy atom.